The van der Waals surface area contributed by atoms with Crippen LogP contribution < -0.4 is 11.2 Å². The molecular formula is C27H28ClFN6O5. The number of nitrogens with zero attached hydrogens (tertiary/aromatic N) is 5. The number of rotatable bonds is 5. The largest absolute Gasteiger partial charge is 0.444 e. The molecule has 40 heavy (non-hydrogen) atoms. The first kappa shape index (κ1) is 27.5. The Morgan fingerprint density at radius 3 is 2.83 bits per heavy atom. The number of H-pyrrole nitrogens is 1. The second kappa shape index (κ2) is 10.9. The van der Waals surface area contributed by atoms with Crippen LogP contribution in [0, 0.1) is 5.82 Å². The highest BCUT2D eigenvalue weighted by Gasteiger charge is 2.30. The fourth-order valence-corrected chi connectivity index (χ4v) is 4.85. The van der Waals surface area contributed by atoms with Crippen molar-refractivity contribution in [2.45, 2.75) is 45.4 Å². The Balaban J connectivity index is 1.48. The van der Waals surface area contributed by atoms with Crippen LogP contribution in [0.25, 0.3) is 16.8 Å². The van der Waals surface area contributed by atoms with Gasteiger partial charge < -0.3 is 19.4 Å². The summed E-state index contributed by atoms with van der Waals surface area (Å²) in [5.74, 6) is -0.536. The molecule has 1 aliphatic rings. The molecule has 5 rings (SSSR count). The highest BCUT2D eigenvalue weighted by Crippen LogP contribution is 2.33. The van der Waals surface area contributed by atoms with Crippen molar-refractivity contribution < 1.29 is 18.7 Å². The number of aromatic nitrogens is 5. The zero-order chi connectivity index (χ0) is 28.6. The van der Waals surface area contributed by atoms with Gasteiger partial charge in [0.25, 0.3) is 5.56 Å². The van der Waals surface area contributed by atoms with Crippen LogP contribution >= 0.6 is 11.6 Å². The summed E-state index contributed by atoms with van der Waals surface area (Å²) < 4.78 is 29.4. The Kier molecular flexibility index (Phi) is 7.47. The monoisotopic (exact) mass is 570 g/mol. The molecule has 4 heterocycles. The van der Waals surface area contributed by atoms with Gasteiger partial charge in [-0.05, 0) is 44.5 Å². The predicted octanol–water partition coefficient (Wildman–Crippen LogP) is 3.27. The minimum Gasteiger partial charge on any atom is -0.444 e. The molecule has 3 aromatic heterocycles. The smallest absolute Gasteiger partial charge is 0.410 e. The Hall–Kier alpha value is -4.03. The number of hydrogen-bond acceptors (Lipinski definition) is 7. The van der Waals surface area contributed by atoms with Crippen LogP contribution in [0.4, 0.5) is 9.18 Å². The number of carbonyl (C=O) groups is 1. The zero-order valence-corrected chi connectivity index (χ0v) is 22.9. The Morgan fingerprint density at radius 2 is 2.08 bits per heavy atom. The summed E-state index contributed by atoms with van der Waals surface area (Å²) in [6.45, 7) is 6.27. The maximum atomic E-state index is 15.4. The average molecular weight is 571 g/mol. The molecule has 0 aliphatic carbocycles. The van der Waals surface area contributed by atoms with Gasteiger partial charge in [-0.2, -0.15) is 5.10 Å². The summed E-state index contributed by atoms with van der Waals surface area (Å²) in [4.78, 5) is 45.5. The van der Waals surface area contributed by atoms with Gasteiger partial charge in [-0.3, -0.25) is 9.36 Å². The van der Waals surface area contributed by atoms with E-state index in [2.05, 4.69) is 15.1 Å². The molecule has 1 saturated heterocycles. The standard InChI is InChI=1S/C27H28ClFN6O5/c1-27(2,3)40-26(38)33-6-7-39-18(14-33)11-19-20(9-17(28)10-21(19)29)24-22-8-16(13-35(22)32-15-31-24)12-34-23(36)4-5-30-25(34)37/h4-5,8-10,13,15,18H,6-7,11-12,14H2,1-3H3,(H,30,37). The van der Waals surface area contributed by atoms with E-state index in [0.29, 0.717) is 34.4 Å². The molecule has 11 nitrogen and oxygen atoms in total. The van der Waals surface area contributed by atoms with Gasteiger partial charge in [-0.1, -0.05) is 11.6 Å². The number of carbonyl (C=O) groups excluding carboxylic acids is 1. The number of amides is 1. The van der Waals surface area contributed by atoms with Crippen LogP contribution in [-0.2, 0) is 22.4 Å². The third-order valence-electron chi connectivity index (χ3n) is 6.38. The highest BCUT2D eigenvalue weighted by atomic mass is 35.5. The molecule has 1 aromatic carbocycles. The maximum Gasteiger partial charge on any atom is 0.410 e. The van der Waals surface area contributed by atoms with E-state index >= 15 is 4.39 Å². The summed E-state index contributed by atoms with van der Waals surface area (Å²) >= 11 is 6.27. The molecular weight excluding hydrogens is 543 g/mol. The predicted molar refractivity (Wildman–Crippen MR) is 145 cm³/mol. The van der Waals surface area contributed by atoms with Crippen molar-refractivity contribution in [3.05, 3.63) is 85.8 Å². The van der Waals surface area contributed by atoms with Gasteiger partial charge in [-0.15, -0.1) is 0 Å². The third-order valence-corrected chi connectivity index (χ3v) is 6.60. The summed E-state index contributed by atoms with van der Waals surface area (Å²) in [5, 5.41) is 4.43. The molecule has 1 unspecified atom stereocenters. The molecule has 210 valence electrons. The van der Waals surface area contributed by atoms with Gasteiger partial charge in [0.05, 0.1) is 37.0 Å². The lowest BCUT2D eigenvalue weighted by molar-refractivity contribution is -0.0416. The molecule has 1 N–H and O–H groups in total. The normalized spacial score (nSPS) is 15.9. The second-order valence-corrected chi connectivity index (χ2v) is 11.0. The zero-order valence-electron chi connectivity index (χ0n) is 22.2. The van der Waals surface area contributed by atoms with Crippen molar-refractivity contribution in [2.24, 2.45) is 0 Å². The minimum atomic E-state index is -0.642. The summed E-state index contributed by atoms with van der Waals surface area (Å²) in [6.07, 6.45) is 3.50. The Morgan fingerprint density at radius 1 is 1.27 bits per heavy atom. The average Bonchev–Trinajstić information content (AvgIpc) is 3.30. The molecule has 1 fully saturated rings. The van der Waals surface area contributed by atoms with Crippen LogP contribution in [0.15, 0.2) is 52.6 Å². The van der Waals surface area contributed by atoms with E-state index in [-0.39, 0.29) is 31.1 Å². The van der Waals surface area contributed by atoms with Crippen molar-refractivity contribution in [3.63, 3.8) is 0 Å². The van der Waals surface area contributed by atoms with Gasteiger partial charge in [-0.25, -0.2) is 23.5 Å². The number of morpholine rings is 1. The number of fused-ring (bicyclic) bond motifs is 1. The Bertz CT molecular complexity index is 1660. The van der Waals surface area contributed by atoms with Gasteiger partial charge in [0.2, 0.25) is 0 Å². The van der Waals surface area contributed by atoms with Crippen LogP contribution in [0.5, 0.6) is 0 Å². The molecule has 0 bridgehead atoms. The Labute approximate surface area is 233 Å². The second-order valence-electron chi connectivity index (χ2n) is 10.5. The fraction of sp³-hybridized carbons (Fsp3) is 0.370. The van der Waals surface area contributed by atoms with Gasteiger partial charge in [0.1, 0.15) is 17.7 Å². The third kappa shape index (κ3) is 5.92. The number of aromatic amines is 1. The van der Waals surface area contributed by atoms with Gasteiger partial charge in [0, 0.05) is 47.6 Å². The molecule has 0 saturated carbocycles. The molecule has 0 radical (unpaired) electrons. The van der Waals surface area contributed by atoms with E-state index in [1.54, 1.807) is 48.5 Å². The number of halogens is 2. The number of nitrogens with one attached hydrogen (secondary N) is 1. The van der Waals surface area contributed by atoms with E-state index in [1.165, 1.54) is 24.7 Å². The van der Waals surface area contributed by atoms with Gasteiger partial charge in [0.15, 0.2) is 0 Å². The van der Waals surface area contributed by atoms with Crippen LogP contribution in [0.2, 0.25) is 5.02 Å². The molecule has 1 amide bonds. The van der Waals surface area contributed by atoms with Crippen molar-refractivity contribution in [2.75, 3.05) is 19.7 Å². The molecule has 13 heteroatoms. The fourth-order valence-electron chi connectivity index (χ4n) is 4.65. The van der Waals surface area contributed by atoms with Crippen LogP contribution in [0.3, 0.4) is 0 Å². The summed E-state index contributed by atoms with van der Waals surface area (Å²) in [6, 6.07) is 5.85. The van der Waals surface area contributed by atoms with Gasteiger partial charge >= 0.3 is 11.8 Å². The first-order chi connectivity index (χ1) is 19.0. The lowest BCUT2D eigenvalue weighted by atomic mass is 9.97. The topological polar surface area (TPSA) is 124 Å². The van der Waals surface area contributed by atoms with E-state index in [1.807, 2.05) is 0 Å². The minimum absolute atomic E-state index is 0.00495. The molecule has 4 aromatic rings. The lowest BCUT2D eigenvalue weighted by Crippen LogP contribution is -2.48. The first-order valence-corrected chi connectivity index (χ1v) is 13.0. The van der Waals surface area contributed by atoms with Crippen molar-refractivity contribution in [1.82, 2.24) is 29.0 Å². The highest BCUT2D eigenvalue weighted by molar-refractivity contribution is 6.31. The molecule has 0 spiro atoms. The van der Waals surface area contributed by atoms with E-state index in [0.717, 1.165) is 4.57 Å². The van der Waals surface area contributed by atoms with Crippen LogP contribution in [0.1, 0.15) is 31.9 Å². The number of hydrogen-bond donors (Lipinski definition) is 1. The maximum absolute atomic E-state index is 15.4. The SMILES string of the molecule is CC(C)(C)OC(=O)N1CCOC(Cc2c(F)cc(Cl)cc2-c2ncnn3cc(Cn4c(=O)cc[nH]c4=O)cc23)C1. The van der Waals surface area contributed by atoms with Crippen molar-refractivity contribution in [3.8, 4) is 11.3 Å². The van der Waals surface area contributed by atoms with Crippen molar-refractivity contribution >= 4 is 23.2 Å². The molecule has 1 atom stereocenters. The van der Waals surface area contributed by atoms with E-state index in [9.17, 15) is 14.4 Å². The molecule has 1 aliphatic heterocycles. The number of benzene rings is 1. The van der Waals surface area contributed by atoms with E-state index in [4.69, 9.17) is 21.1 Å². The first-order valence-electron chi connectivity index (χ1n) is 12.7. The summed E-state index contributed by atoms with van der Waals surface area (Å²) in [7, 11) is 0. The quantitative estimate of drug-likeness (QED) is 0.390. The lowest BCUT2D eigenvalue weighted by Gasteiger charge is -2.34. The van der Waals surface area contributed by atoms with E-state index < -0.39 is 34.9 Å². The van der Waals surface area contributed by atoms with Crippen molar-refractivity contribution in [1.29, 1.82) is 0 Å². The summed E-state index contributed by atoms with van der Waals surface area (Å²) in [5.41, 5.74) is 0.685. The van der Waals surface area contributed by atoms with Crippen LogP contribution in [-0.4, -0.2) is 66.5 Å². The number of ether oxygens (including phenoxy) is 2.